The molecule has 24 heteroatoms. The molecule has 1 N–H and O–H groups in total. The average molecular weight is 1150 g/mol. The summed E-state index contributed by atoms with van der Waals surface area (Å²) in [6.07, 6.45) is -18.6. The van der Waals surface area contributed by atoms with E-state index in [0.717, 1.165) is 30.5 Å². The van der Waals surface area contributed by atoms with Crippen LogP contribution in [0.15, 0.2) is 97.1 Å². The molecule has 0 aliphatic carbocycles. The topological polar surface area (TPSA) is 273 Å². The highest BCUT2D eigenvalue weighted by atomic mass is 35.6. The third-order valence-electron chi connectivity index (χ3n) is 12.5. The fraction of sp³-hybridized carbons (Fsp3) is 0.382. The standard InChI is InChI=1S/C55H53Cl3N2O19/c1-27-11-18-33(19-12-27)49(67)75-43-39(26-71-40(64)24-17-30(4)61)74-53(46(77-51(69)35-22-15-29(3)16-23-35)45(43)76-50(68)34-20-13-28(2)14-21-34)78-44-41(60-47(65)36-9-7-8-10-37(36)48(60)66)52(79-54(59)55(56,57)58)73-38(25-70-31(5)62)42(44)72-32(6)63/h7-16,18-23,38-39,41-46,52-53,59H,17,24-26H2,1-6H3/t38-,39-,41-,42+,43-,44-,45+,46-,52+,53+/m1/s1. The molecule has 2 fully saturated rings. The smallest absolute Gasteiger partial charge is 0.338 e. The lowest BCUT2D eigenvalue weighted by Crippen LogP contribution is -2.70. The van der Waals surface area contributed by atoms with Gasteiger partial charge in [-0.2, -0.15) is 0 Å². The highest BCUT2D eigenvalue weighted by Gasteiger charge is 2.61. The summed E-state index contributed by atoms with van der Waals surface area (Å²) in [5.74, 6) is -9.57. The Bertz CT molecular complexity index is 2950. The number of carbonyl (C=O) groups excluding carboxylic acids is 9. The van der Waals surface area contributed by atoms with Gasteiger partial charge in [0, 0.05) is 20.3 Å². The summed E-state index contributed by atoms with van der Waals surface area (Å²) in [7, 11) is 0. The lowest BCUT2D eigenvalue weighted by molar-refractivity contribution is -0.343. The van der Waals surface area contributed by atoms with Crippen LogP contribution in [0.25, 0.3) is 0 Å². The molecule has 3 heterocycles. The maximum Gasteiger partial charge on any atom is 0.338 e. The Morgan fingerprint density at radius 1 is 0.532 bits per heavy atom. The minimum Gasteiger partial charge on any atom is -0.463 e. The molecule has 0 saturated carbocycles. The van der Waals surface area contributed by atoms with Crippen molar-refractivity contribution in [3.8, 4) is 0 Å². The molecule has 0 unspecified atom stereocenters. The predicted molar refractivity (Wildman–Crippen MR) is 276 cm³/mol. The van der Waals surface area contributed by atoms with Gasteiger partial charge in [-0.25, -0.2) is 14.4 Å². The normalized spacial score (nSPS) is 23.6. The van der Waals surface area contributed by atoms with E-state index < -0.39 is 138 Å². The summed E-state index contributed by atoms with van der Waals surface area (Å²) in [6, 6.07) is 21.7. The summed E-state index contributed by atoms with van der Waals surface area (Å²) in [5, 5.41) is 8.64. The van der Waals surface area contributed by atoms with Crippen molar-refractivity contribution in [2.75, 3.05) is 13.2 Å². The Balaban J connectivity index is 1.46. The number of carbonyl (C=O) groups is 9. The fourth-order valence-electron chi connectivity index (χ4n) is 8.59. The number of hydrogen-bond acceptors (Lipinski definition) is 20. The van der Waals surface area contributed by atoms with Crippen LogP contribution < -0.4 is 0 Å². The molecule has 2 saturated heterocycles. The molecule has 2 amide bonds. The van der Waals surface area contributed by atoms with Crippen molar-refractivity contribution in [3.05, 3.63) is 142 Å². The van der Waals surface area contributed by atoms with E-state index in [-0.39, 0.29) is 40.0 Å². The van der Waals surface area contributed by atoms with E-state index in [2.05, 4.69) is 0 Å². The van der Waals surface area contributed by atoms with E-state index in [4.69, 9.17) is 87.6 Å². The first-order valence-corrected chi connectivity index (χ1v) is 25.6. The number of halogens is 3. The Morgan fingerprint density at radius 3 is 1.41 bits per heavy atom. The first kappa shape index (κ1) is 59.4. The zero-order valence-electron chi connectivity index (χ0n) is 43.2. The van der Waals surface area contributed by atoms with Gasteiger partial charge < -0.3 is 52.2 Å². The van der Waals surface area contributed by atoms with Crippen LogP contribution in [0.1, 0.15) is 102 Å². The number of ketones is 1. The molecule has 418 valence electrons. The van der Waals surface area contributed by atoms with E-state index in [9.17, 15) is 43.2 Å². The molecule has 0 radical (unpaired) electrons. The Hall–Kier alpha value is -7.27. The van der Waals surface area contributed by atoms with Crippen LogP contribution in [-0.4, -0.2) is 143 Å². The van der Waals surface area contributed by atoms with Gasteiger partial charge in [0.25, 0.3) is 15.6 Å². The lowest BCUT2D eigenvalue weighted by atomic mass is 9.93. The van der Waals surface area contributed by atoms with Gasteiger partial charge >= 0.3 is 35.8 Å². The number of nitrogens with one attached hydrogen (secondary N) is 1. The van der Waals surface area contributed by atoms with E-state index >= 15 is 0 Å². The van der Waals surface area contributed by atoms with Gasteiger partial charge in [0.05, 0.1) is 34.2 Å². The molecule has 21 nitrogen and oxygen atoms in total. The molecule has 4 aromatic carbocycles. The lowest BCUT2D eigenvalue weighted by Gasteiger charge is -2.50. The van der Waals surface area contributed by atoms with Crippen molar-refractivity contribution >= 4 is 94.1 Å². The van der Waals surface area contributed by atoms with Crippen molar-refractivity contribution < 1.29 is 90.5 Å². The molecule has 4 aromatic rings. The van der Waals surface area contributed by atoms with Gasteiger partial charge in [0.1, 0.15) is 43.4 Å². The highest BCUT2D eigenvalue weighted by molar-refractivity contribution is 6.76. The molecule has 3 aliphatic rings. The second kappa shape index (κ2) is 25.7. The first-order chi connectivity index (χ1) is 37.4. The molecular formula is C55H53Cl3N2O19. The summed E-state index contributed by atoms with van der Waals surface area (Å²) >= 11 is 18.3. The average Bonchev–Trinajstić information content (AvgIpc) is 3.97. The second-order valence-corrected chi connectivity index (χ2v) is 20.9. The van der Waals surface area contributed by atoms with Crippen LogP contribution in [0.3, 0.4) is 0 Å². The molecule has 0 aromatic heterocycles. The summed E-state index contributed by atoms with van der Waals surface area (Å²) in [5.41, 5.74) is 1.84. The van der Waals surface area contributed by atoms with E-state index in [1.54, 1.807) is 57.2 Å². The highest BCUT2D eigenvalue weighted by Crippen LogP contribution is 2.40. The molecule has 3 aliphatic heterocycles. The molecule has 0 spiro atoms. The van der Waals surface area contributed by atoms with E-state index in [1.807, 2.05) is 0 Å². The second-order valence-electron chi connectivity index (χ2n) is 18.6. The minimum atomic E-state index is -2.64. The van der Waals surface area contributed by atoms with Crippen LogP contribution in [0.4, 0.5) is 0 Å². The summed E-state index contributed by atoms with van der Waals surface area (Å²) in [4.78, 5) is 124. The number of hydrogen-bond donors (Lipinski definition) is 1. The third-order valence-corrected chi connectivity index (χ3v) is 13.1. The summed E-state index contributed by atoms with van der Waals surface area (Å²) < 4.78 is 58.4. The maximum absolute atomic E-state index is 14.6. The van der Waals surface area contributed by atoms with Crippen LogP contribution in [0, 0.1) is 26.2 Å². The van der Waals surface area contributed by atoms with E-state index in [1.165, 1.54) is 67.6 Å². The molecule has 79 heavy (non-hydrogen) atoms. The van der Waals surface area contributed by atoms with Crippen molar-refractivity contribution in [1.82, 2.24) is 4.90 Å². The minimum absolute atomic E-state index is 0.0153. The Morgan fingerprint density at radius 2 is 0.962 bits per heavy atom. The SMILES string of the molecule is CC(=O)CCC(=O)OC[C@H]1O[C@@H](O[C@H]2[C@@H](OC(C)=O)[C@@H](COC(C)=O)O[C@@H](OC(=N)C(Cl)(Cl)Cl)[C@@H]2N2C(=O)c3ccccc3C2=O)[C@H](OC(=O)c2ccc(C)cc2)[C@@H](OC(=O)c2ccc(C)cc2)[C@@H]1OC(=O)c1ccc(C)cc1. The van der Waals surface area contributed by atoms with E-state index in [0.29, 0.717) is 4.90 Å². The van der Waals surface area contributed by atoms with Gasteiger partial charge in [0.15, 0.2) is 30.7 Å². The van der Waals surface area contributed by atoms with Crippen molar-refractivity contribution in [2.24, 2.45) is 0 Å². The monoisotopic (exact) mass is 1150 g/mol. The zero-order chi connectivity index (χ0) is 57.5. The molecule has 7 rings (SSSR count). The third kappa shape index (κ3) is 14.7. The number of rotatable bonds is 18. The predicted octanol–water partition coefficient (Wildman–Crippen LogP) is 6.86. The van der Waals surface area contributed by atoms with Gasteiger partial charge in [-0.05, 0) is 76.2 Å². The largest absolute Gasteiger partial charge is 0.463 e. The summed E-state index contributed by atoms with van der Waals surface area (Å²) in [6.45, 7) is 6.93. The first-order valence-electron chi connectivity index (χ1n) is 24.4. The number of fused-ring (bicyclic) bond motifs is 1. The Labute approximate surface area is 467 Å². The van der Waals surface area contributed by atoms with Crippen molar-refractivity contribution in [2.45, 2.75) is 120 Å². The number of aryl methyl sites for hydroxylation is 3. The van der Waals surface area contributed by atoms with Gasteiger partial charge in [-0.3, -0.25) is 34.3 Å². The number of imide groups is 1. The number of Topliss-reactive ketones (excluding diaryl/α,β-unsaturated/α-hetero) is 1. The van der Waals surface area contributed by atoms with Crippen LogP contribution in [0.5, 0.6) is 0 Å². The van der Waals surface area contributed by atoms with Crippen molar-refractivity contribution in [1.29, 1.82) is 5.41 Å². The molecular weight excluding hydrogens is 1100 g/mol. The molecule has 0 bridgehead atoms. The van der Waals surface area contributed by atoms with Gasteiger partial charge in [-0.1, -0.05) is 100 Å². The Kier molecular flexibility index (Phi) is 19.3. The number of esters is 6. The fourth-order valence-corrected chi connectivity index (χ4v) is 8.73. The number of alkyl halides is 3. The zero-order valence-corrected chi connectivity index (χ0v) is 45.4. The van der Waals surface area contributed by atoms with Gasteiger partial charge in [0.2, 0.25) is 12.2 Å². The molecule has 10 atom stereocenters. The van der Waals surface area contributed by atoms with Crippen LogP contribution >= 0.6 is 34.8 Å². The number of ether oxygens (including phenoxy) is 10. The van der Waals surface area contributed by atoms with Crippen LogP contribution in [-0.2, 0) is 66.5 Å². The van der Waals surface area contributed by atoms with Gasteiger partial charge in [-0.15, -0.1) is 0 Å². The number of benzene rings is 4. The van der Waals surface area contributed by atoms with Crippen molar-refractivity contribution in [3.63, 3.8) is 0 Å². The number of amides is 2. The van der Waals surface area contributed by atoms with Crippen LogP contribution in [0.2, 0.25) is 0 Å². The number of nitrogens with zero attached hydrogens (tertiary/aromatic N) is 1. The maximum atomic E-state index is 14.6. The quantitative estimate of drug-likeness (QED) is 0.0266.